The standard InChI is InChI=1S/C25H29F4N3O5S/c1-24(7-10-38(34,35)14-24)30-22(33)16-12-19-20(25(28,29)13-16)21(31-32(19)17-5-8-36-9-6-17)15-3-2-4-18(11-15)37-23(26)27/h2-4,11,16-17,23H,5-10,12-14H2,1H3,(H,30,33)/t16-,24-/m0/s1. The minimum absolute atomic E-state index is 0.0167. The molecule has 1 aliphatic carbocycles. The van der Waals surface area contributed by atoms with E-state index in [-0.39, 0.29) is 58.7 Å². The number of fused-ring (bicyclic) bond motifs is 1. The van der Waals surface area contributed by atoms with Gasteiger partial charge < -0.3 is 14.8 Å². The van der Waals surface area contributed by atoms with Gasteiger partial charge in [-0.2, -0.15) is 13.9 Å². The van der Waals surface area contributed by atoms with Gasteiger partial charge in [0.15, 0.2) is 9.84 Å². The van der Waals surface area contributed by atoms with Gasteiger partial charge in [0.2, 0.25) is 5.91 Å². The van der Waals surface area contributed by atoms with Gasteiger partial charge in [-0.05, 0) is 38.3 Å². The molecule has 0 spiro atoms. The molecular weight excluding hydrogens is 530 g/mol. The summed E-state index contributed by atoms with van der Waals surface area (Å²) in [6.07, 6.45) is 0.503. The van der Waals surface area contributed by atoms with E-state index in [4.69, 9.17) is 4.74 Å². The maximum absolute atomic E-state index is 15.9. The first-order chi connectivity index (χ1) is 17.9. The zero-order valence-corrected chi connectivity index (χ0v) is 21.6. The summed E-state index contributed by atoms with van der Waals surface area (Å²) < 4.78 is 92.7. The number of nitrogens with one attached hydrogen (secondary N) is 1. The fourth-order valence-electron chi connectivity index (χ4n) is 5.71. The minimum Gasteiger partial charge on any atom is -0.435 e. The number of aromatic nitrogens is 2. The van der Waals surface area contributed by atoms with Crippen molar-refractivity contribution in [2.45, 2.75) is 63.1 Å². The number of amides is 1. The van der Waals surface area contributed by atoms with E-state index in [1.807, 2.05) is 0 Å². The van der Waals surface area contributed by atoms with E-state index >= 15 is 8.78 Å². The molecule has 38 heavy (non-hydrogen) atoms. The summed E-state index contributed by atoms with van der Waals surface area (Å²) in [7, 11) is -3.31. The first-order valence-electron chi connectivity index (χ1n) is 12.5. The van der Waals surface area contributed by atoms with Crippen LogP contribution >= 0.6 is 0 Å². The van der Waals surface area contributed by atoms with E-state index in [0.29, 0.717) is 26.1 Å². The highest BCUT2D eigenvalue weighted by Gasteiger charge is 2.50. The molecule has 5 rings (SSSR count). The number of halogens is 4. The summed E-state index contributed by atoms with van der Waals surface area (Å²) in [5.74, 6) is -5.65. The Hall–Kier alpha value is -2.67. The summed E-state index contributed by atoms with van der Waals surface area (Å²) in [5, 5.41) is 7.28. The van der Waals surface area contributed by atoms with Crippen molar-refractivity contribution in [2.24, 2.45) is 5.92 Å². The third-order valence-electron chi connectivity index (χ3n) is 7.49. The quantitative estimate of drug-likeness (QED) is 0.540. The molecule has 0 unspecified atom stereocenters. The molecule has 0 saturated carbocycles. The Morgan fingerprint density at radius 3 is 2.66 bits per heavy atom. The molecule has 0 bridgehead atoms. The Bertz CT molecular complexity index is 1330. The number of ether oxygens (including phenoxy) is 2. The number of carbonyl (C=O) groups excluding carboxylic acids is 1. The van der Waals surface area contributed by atoms with Crippen molar-refractivity contribution in [2.75, 3.05) is 24.7 Å². The van der Waals surface area contributed by atoms with Crippen LogP contribution in [0.1, 0.15) is 49.9 Å². The molecule has 1 aromatic carbocycles. The van der Waals surface area contributed by atoms with Crippen LogP contribution in [0.5, 0.6) is 5.75 Å². The maximum atomic E-state index is 15.9. The lowest BCUT2D eigenvalue weighted by molar-refractivity contribution is -0.131. The Morgan fingerprint density at radius 1 is 1.26 bits per heavy atom. The first kappa shape index (κ1) is 26.9. The summed E-state index contributed by atoms with van der Waals surface area (Å²) in [6, 6.07) is 5.26. The highest BCUT2D eigenvalue weighted by molar-refractivity contribution is 7.91. The molecule has 1 N–H and O–H groups in total. The molecule has 8 nitrogen and oxygen atoms in total. The van der Waals surface area contributed by atoms with Crippen molar-refractivity contribution in [1.29, 1.82) is 0 Å². The number of nitrogens with zero attached hydrogens (tertiary/aromatic N) is 2. The molecular formula is C25H29F4N3O5S. The number of alkyl halides is 4. The molecule has 13 heteroatoms. The van der Waals surface area contributed by atoms with Crippen molar-refractivity contribution < 1.29 is 40.2 Å². The minimum atomic E-state index is -3.45. The predicted molar refractivity (Wildman–Crippen MR) is 129 cm³/mol. The second-order valence-corrected chi connectivity index (χ2v) is 12.8. The fraction of sp³-hybridized carbons (Fsp3) is 0.600. The van der Waals surface area contributed by atoms with Crippen LogP contribution < -0.4 is 10.1 Å². The van der Waals surface area contributed by atoms with Crippen molar-refractivity contribution in [1.82, 2.24) is 15.1 Å². The van der Waals surface area contributed by atoms with Crippen LogP contribution in [0.2, 0.25) is 0 Å². The van der Waals surface area contributed by atoms with Crippen molar-refractivity contribution in [3.05, 3.63) is 35.5 Å². The molecule has 0 radical (unpaired) electrons. The number of hydrogen-bond donors (Lipinski definition) is 1. The smallest absolute Gasteiger partial charge is 0.387 e. The summed E-state index contributed by atoms with van der Waals surface area (Å²) in [6.45, 7) is -0.601. The van der Waals surface area contributed by atoms with E-state index in [1.54, 1.807) is 11.6 Å². The number of carbonyl (C=O) groups is 1. The molecule has 2 saturated heterocycles. The van der Waals surface area contributed by atoms with Gasteiger partial charge in [-0.25, -0.2) is 17.2 Å². The van der Waals surface area contributed by atoms with Crippen LogP contribution in [-0.4, -0.2) is 61.0 Å². The van der Waals surface area contributed by atoms with Crippen molar-refractivity contribution in [3.63, 3.8) is 0 Å². The Balaban J connectivity index is 1.52. The van der Waals surface area contributed by atoms with Crippen LogP contribution in [-0.2, 0) is 31.7 Å². The lowest BCUT2D eigenvalue weighted by Crippen LogP contribution is -2.51. The highest BCUT2D eigenvalue weighted by Crippen LogP contribution is 2.48. The van der Waals surface area contributed by atoms with Gasteiger partial charge in [0.1, 0.15) is 11.4 Å². The number of rotatable bonds is 6. The second-order valence-electron chi connectivity index (χ2n) is 10.6. The van der Waals surface area contributed by atoms with Crippen molar-refractivity contribution in [3.8, 4) is 17.0 Å². The predicted octanol–water partition coefficient (Wildman–Crippen LogP) is 3.85. The summed E-state index contributed by atoms with van der Waals surface area (Å²) >= 11 is 0. The first-order valence-corrected chi connectivity index (χ1v) is 14.3. The van der Waals surface area contributed by atoms with Gasteiger partial charge in [0, 0.05) is 43.2 Å². The van der Waals surface area contributed by atoms with E-state index in [2.05, 4.69) is 15.2 Å². The van der Waals surface area contributed by atoms with Crippen molar-refractivity contribution >= 4 is 15.7 Å². The molecule has 3 aliphatic rings. The van der Waals surface area contributed by atoms with Crippen LogP contribution in [0.25, 0.3) is 11.3 Å². The Kier molecular flexibility index (Phi) is 6.95. The summed E-state index contributed by atoms with van der Waals surface area (Å²) in [4.78, 5) is 13.2. The van der Waals surface area contributed by atoms with E-state index in [0.717, 1.165) is 0 Å². The zero-order chi connectivity index (χ0) is 27.3. The number of sulfone groups is 1. The molecule has 1 amide bonds. The normalized spacial score (nSPS) is 26.7. The average Bonchev–Trinajstić information content (AvgIpc) is 3.36. The second kappa shape index (κ2) is 9.82. The monoisotopic (exact) mass is 559 g/mol. The molecule has 3 heterocycles. The van der Waals surface area contributed by atoms with Gasteiger partial charge in [0.05, 0.1) is 28.6 Å². The third kappa shape index (κ3) is 5.40. The van der Waals surface area contributed by atoms with Gasteiger partial charge >= 0.3 is 6.61 Å². The molecule has 208 valence electrons. The molecule has 2 aromatic rings. The lowest BCUT2D eigenvalue weighted by atomic mass is 9.81. The van der Waals surface area contributed by atoms with Crippen LogP contribution in [0.15, 0.2) is 24.3 Å². The van der Waals surface area contributed by atoms with Gasteiger partial charge in [-0.3, -0.25) is 9.48 Å². The van der Waals surface area contributed by atoms with Gasteiger partial charge in [-0.15, -0.1) is 0 Å². The van der Waals surface area contributed by atoms with E-state index < -0.39 is 46.2 Å². The van der Waals surface area contributed by atoms with Gasteiger partial charge in [-0.1, -0.05) is 12.1 Å². The number of hydrogen-bond acceptors (Lipinski definition) is 6. The third-order valence-corrected chi connectivity index (χ3v) is 9.39. The Labute approximate surface area is 217 Å². The zero-order valence-electron chi connectivity index (χ0n) is 20.8. The highest BCUT2D eigenvalue weighted by atomic mass is 32.2. The van der Waals surface area contributed by atoms with E-state index in [9.17, 15) is 22.0 Å². The van der Waals surface area contributed by atoms with E-state index in [1.165, 1.54) is 24.3 Å². The molecule has 2 atom stereocenters. The van der Waals surface area contributed by atoms with Crippen LogP contribution in [0.4, 0.5) is 17.6 Å². The molecule has 2 aliphatic heterocycles. The van der Waals surface area contributed by atoms with Gasteiger partial charge in [0.25, 0.3) is 5.92 Å². The number of benzene rings is 1. The molecule has 2 fully saturated rings. The topological polar surface area (TPSA) is 99.5 Å². The SMILES string of the molecule is C[C@]1(NC(=O)[C@H]2Cc3c(c(-c4cccc(OC(F)F)c4)nn3C3CCOCC3)C(F)(F)C2)CCS(=O)(=O)C1. The largest absolute Gasteiger partial charge is 0.435 e. The fourth-order valence-corrected chi connectivity index (χ4v) is 7.81. The average molecular weight is 560 g/mol. The maximum Gasteiger partial charge on any atom is 0.387 e. The van der Waals surface area contributed by atoms with Crippen LogP contribution in [0, 0.1) is 5.92 Å². The lowest BCUT2D eigenvalue weighted by Gasteiger charge is -2.33. The van der Waals surface area contributed by atoms with Crippen LogP contribution in [0.3, 0.4) is 0 Å². The Morgan fingerprint density at radius 2 is 2.00 bits per heavy atom. The summed E-state index contributed by atoms with van der Waals surface area (Å²) in [5.41, 5.74) is -0.951. The molecule has 1 aromatic heterocycles.